The molecule has 2 rings (SSSR count). The molecular formula is C15H21NO3. The molecule has 1 aliphatic rings. The first kappa shape index (κ1) is 14.0. The first-order valence-electron chi connectivity index (χ1n) is 6.57. The summed E-state index contributed by atoms with van der Waals surface area (Å²) in [6.07, 6.45) is 0.569. The van der Waals surface area contributed by atoms with Crippen molar-refractivity contribution in [3.8, 4) is 0 Å². The van der Waals surface area contributed by atoms with Crippen LogP contribution < -0.4 is 5.32 Å². The molecule has 0 aliphatic carbocycles. The third-order valence-electron chi connectivity index (χ3n) is 3.56. The minimum atomic E-state index is -0.915. The van der Waals surface area contributed by atoms with Gasteiger partial charge in [-0.2, -0.15) is 0 Å². The summed E-state index contributed by atoms with van der Waals surface area (Å²) in [4.78, 5) is 12.2. The molecule has 1 aromatic rings. The Hall–Kier alpha value is -1.39. The van der Waals surface area contributed by atoms with E-state index in [1.807, 2.05) is 32.9 Å². The number of rotatable bonds is 3. The van der Waals surface area contributed by atoms with Gasteiger partial charge in [-0.05, 0) is 31.9 Å². The van der Waals surface area contributed by atoms with E-state index in [1.165, 1.54) is 0 Å². The lowest BCUT2D eigenvalue weighted by atomic mass is 9.98. The Morgan fingerprint density at radius 1 is 1.37 bits per heavy atom. The predicted molar refractivity (Wildman–Crippen MR) is 73.4 cm³/mol. The Bertz CT molecular complexity index is 467. The average Bonchev–Trinajstić information content (AvgIpc) is 2.73. The first-order valence-corrected chi connectivity index (χ1v) is 6.57. The minimum Gasteiger partial charge on any atom is -0.386 e. The Morgan fingerprint density at radius 2 is 2.00 bits per heavy atom. The van der Waals surface area contributed by atoms with E-state index in [4.69, 9.17) is 4.74 Å². The number of carbonyl (C=O) groups excluding carboxylic acids is 1. The molecule has 0 spiro atoms. The standard InChI is InChI=1S/C15H21NO3/c1-10-6-11(2)13(12(3)7-10)14(17)16-8-15(18)4-5-19-9-15/h6-7,18H,4-5,8-9H2,1-3H3,(H,16,17). The summed E-state index contributed by atoms with van der Waals surface area (Å²) in [5.41, 5.74) is 2.86. The van der Waals surface area contributed by atoms with Crippen LogP contribution in [0, 0.1) is 20.8 Å². The van der Waals surface area contributed by atoms with Gasteiger partial charge in [0.15, 0.2) is 0 Å². The number of aliphatic hydroxyl groups is 1. The lowest BCUT2D eigenvalue weighted by Gasteiger charge is -2.21. The number of hydrogen-bond acceptors (Lipinski definition) is 3. The highest BCUT2D eigenvalue weighted by molar-refractivity contribution is 5.97. The van der Waals surface area contributed by atoms with Crippen molar-refractivity contribution in [2.45, 2.75) is 32.8 Å². The molecule has 1 amide bonds. The molecule has 4 heteroatoms. The Labute approximate surface area is 113 Å². The number of amides is 1. The molecule has 1 aromatic carbocycles. The normalized spacial score (nSPS) is 22.5. The van der Waals surface area contributed by atoms with E-state index in [0.29, 0.717) is 25.2 Å². The Balaban J connectivity index is 2.08. The fourth-order valence-electron chi connectivity index (χ4n) is 2.61. The zero-order valence-corrected chi connectivity index (χ0v) is 11.7. The van der Waals surface area contributed by atoms with Gasteiger partial charge in [0.05, 0.1) is 6.61 Å². The van der Waals surface area contributed by atoms with Crippen molar-refractivity contribution in [1.82, 2.24) is 5.32 Å². The van der Waals surface area contributed by atoms with Crippen molar-refractivity contribution in [2.24, 2.45) is 0 Å². The van der Waals surface area contributed by atoms with Crippen molar-refractivity contribution < 1.29 is 14.6 Å². The Kier molecular flexibility index (Phi) is 3.92. The molecule has 1 heterocycles. The molecule has 19 heavy (non-hydrogen) atoms. The molecule has 1 saturated heterocycles. The summed E-state index contributed by atoms with van der Waals surface area (Å²) in [7, 11) is 0. The number of ether oxygens (including phenoxy) is 1. The van der Waals surface area contributed by atoms with Crippen LogP contribution in [-0.2, 0) is 4.74 Å². The summed E-state index contributed by atoms with van der Waals surface area (Å²) >= 11 is 0. The minimum absolute atomic E-state index is 0.129. The van der Waals surface area contributed by atoms with Crippen molar-refractivity contribution in [2.75, 3.05) is 19.8 Å². The summed E-state index contributed by atoms with van der Waals surface area (Å²) in [5, 5.41) is 12.9. The molecule has 1 unspecified atom stereocenters. The van der Waals surface area contributed by atoms with Crippen molar-refractivity contribution in [3.05, 3.63) is 34.4 Å². The van der Waals surface area contributed by atoms with E-state index in [2.05, 4.69) is 5.32 Å². The number of benzene rings is 1. The van der Waals surface area contributed by atoms with Gasteiger partial charge in [-0.25, -0.2) is 0 Å². The zero-order valence-electron chi connectivity index (χ0n) is 11.7. The fourth-order valence-corrected chi connectivity index (χ4v) is 2.61. The number of aryl methyl sites for hydroxylation is 3. The summed E-state index contributed by atoms with van der Waals surface area (Å²) in [6.45, 7) is 6.96. The van der Waals surface area contributed by atoms with E-state index in [-0.39, 0.29) is 12.5 Å². The monoisotopic (exact) mass is 263 g/mol. The molecule has 0 radical (unpaired) electrons. The first-order chi connectivity index (χ1) is 8.91. The van der Waals surface area contributed by atoms with E-state index >= 15 is 0 Å². The molecule has 4 nitrogen and oxygen atoms in total. The average molecular weight is 263 g/mol. The summed E-state index contributed by atoms with van der Waals surface area (Å²) < 4.78 is 5.16. The van der Waals surface area contributed by atoms with Gasteiger partial charge in [-0.15, -0.1) is 0 Å². The zero-order chi connectivity index (χ0) is 14.0. The number of hydrogen-bond donors (Lipinski definition) is 2. The van der Waals surface area contributed by atoms with Crippen LogP contribution in [0.25, 0.3) is 0 Å². The van der Waals surface area contributed by atoms with Crippen LogP contribution in [0.1, 0.15) is 33.5 Å². The SMILES string of the molecule is Cc1cc(C)c(C(=O)NCC2(O)CCOC2)c(C)c1. The molecule has 0 saturated carbocycles. The summed E-state index contributed by atoms with van der Waals surface area (Å²) in [5.74, 6) is -0.129. The Morgan fingerprint density at radius 3 is 2.53 bits per heavy atom. The van der Waals surface area contributed by atoms with E-state index in [1.54, 1.807) is 0 Å². The summed E-state index contributed by atoms with van der Waals surface area (Å²) in [6, 6.07) is 3.99. The van der Waals surface area contributed by atoms with Gasteiger partial charge in [0, 0.05) is 25.1 Å². The van der Waals surface area contributed by atoms with Gasteiger partial charge in [-0.1, -0.05) is 17.7 Å². The lowest BCUT2D eigenvalue weighted by molar-refractivity contribution is 0.0264. The highest BCUT2D eigenvalue weighted by Gasteiger charge is 2.32. The maximum absolute atomic E-state index is 12.2. The van der Waals surface area contributed by atoms with Gasteiger partial charge in [0.1, 0.15) is 5.60 Å². The highest BCUT2D eigenvalue weighted by Crippen LogP contribution is 2.19. The maximum atomic E-state index is 12.2. The van der Waals surface area contributed by atoms with Crippen LogP contribution in [0.15, 0.2) is 12.1 Å². The second-order valence-corrected chi connectivity index (χ2v) is 5.48. The predicted octanol–water partition coefficient (Wildman–Crippen LogP) is 1.49. The van der Waals surface area contributed by atoms with Crippen LogP contribution in [0.2, 0.25) is 0 Å². The van der Waals surface area contributed by atoms with Crippen molar-refractivity contribution in [1.29, 1.82) is 0 Å². The molecule has 2 N–H and O–H groups in total. The molecule has 104 valence electrons. The van der Waals surface area contributed by atoms with E-state index in [9.17, 15) is 9.90 Å². The molecule has 1 fully saturated rings. The maximum Gasteiger partial charge on any atom is 0.251 e. The number of carbonyl (C=O) groups is 1. The molecule has 0 aromatic heterocycles. The van der Waals surface area contributed by atoms with Gasteiger partial charge >= 0.3 is 0 Å². The van der Waals surface area contributed by atoms with Crippen LogP contribution >= 0.6 is 0 Å². The topological polar surface area (TPSA) is 58.6 Å². The van der Waals surface area contributed by atoms with Gasteiger partial charge in [-0.3, -0.25) is 4.79 Å². The molecule has 0 bridgehead atoms. The van der Waals surface area contributed by atoms with Gasteiger partial charge < -0.3 is 15.2 Å². The second-order valence-electron chi connectivity index (χ2n) is 5.48. The molecule has 1 atom stereocenters. The largest absolute Gasteiger partial charge is 0.386 e. The third kappa shape index (κ3) is 3.14. The van der Waals surface area contributed by atoms with Crippen LogP contribution in [0.5, 0.6) is 0 Å². The highest BCUT2D eigenvalue weighted by atomic mass is 16.5. The van der Waals surface area contributed by atoms with E-state index in [0.717, 1.165) is 16.7 Å². The lowest BCUT2D eigenvalue weighted by Crippen LogP contribution is -2.43. The van der Waals surface area contributed by atoms with Gasteiger partial charge in [0.2, 0.25) is 0 Å². The van der Waals surface area contributed by atoms with Crippen LogP contribution in [0.3, 0.4) is 0 Å². The smallest absolute Gasteiger partial charge is 0.251 e. The second kappa shape index (κ2) is 5.31. The quantitative estimate of drug-likeness (QED) is 0.868. The molecule has 1 aliphatic heterocycles. The van der Waals surface area contributed by atoms with Gasteiger partial charge in [0.25, 0.3) is 5.91 Å². The fraction of sp³-hybridized carbons (Fsp3) is 0.533. The van der Waals surface area contributed by atoms with Crippen molar-refractivity contribution in [3.63, 3.8) is 0 Å². The third-order valence-corrected chi connectivity index (χ3v) is 3.56. The van der Waals surface area contributed by atoms with E-state index < -0.39 is 5.60 Å². The van der Waals surface area contributed by atoms with Crippen molar-refractivity contribution >= 4 is 5.91 Å². The van der Waals surface area contributed by atoms with Crippen LogP contribution in [0.4, 0.5) is 0 Å². The molecular weight excluding hydrogens is 242 g/mol. The number of nitrogens with one attached hydrogen (secondary N) is 1. The van der Waals surface area contributed by atoms with Crippen LogP contribution in [-0.4, -0.2) is 36.4 Å².